The number of hydrogen-bond donors (Lipinski definition) is 2. The van der Waals surface area contributed by atoms with Crippen LogP contribution in [0.5, 0.6) is 0 Å². The van der Waals surface area contributed by atoms with Gasteiger partial charge in [0.05, 0.1) is 6.54 Å². The number of carbonyl (C=O) groups excluding carboxylic acids is 1. The first-order valence-corrected chi connectivity index (χ1v) is 8.23. The number of urea groups is 1. The number of benzene rings is 2. The highest BCUT2D eigenvalue weighted by Crippen LogP contribution is 2.10. The quantitative estimate of drug-likeness (QED) is 0.714. The van der Waals surface area contributed by atoms with Crippen molar-refractivity contribution in [3.8, 4) is 0 Å². The van der Waals surface area contributed by atoms with Crippen LogP contribution >= 0.6 is 11.6 Å². The number of halogens is 1. The van der Waals surface area contributed by atoms with Crippen molar-refractivity contribution < 1.29 is 4.79 Å². The molecule has 2 N–H and O–H groups in total. The first kappa shape index (κ1) is 17.0. The van der Waals surface area contributed by atoms with Crippen LogP contribution in [-0.2, 0) is 19.6 Å². The first-order valence-electron chi connectivity index (χ1n) is 7.85. The van der Waals surface area contributed by atoms with Gasteiger partial charge in [-0.3, -0.25) is 0 Å². The lowest BCUT2D eigenvalue weighted by Crippen LogP contribution is -2.34. The molecule has 0 spiro atoms. The van der Waals surface area contributed by atoms with E-state index in [1.807, 2.05) is 42.5 Å². The Morgan fingerprint density at radius 2 is 1.72 bits per heavy atom. The summed E-state index contributed by atoms with van der Waals surface area (Å²) in [6.07, 6.45) is 3.19. The third-order valence-corrected chi connectivity index (χ3v) is 3.86. The highest BCUT2D eigenvalue weighted by molar-refractivity contribution is 6.30. The van der Waals surface area contributed by atoms with Gasteiger partial charge in [0.15, 0.2) is 0 Å². The molecule has 0 bridgehead atoms. The molecule has 3 aromatic rings. The van der Waals surface area contributed by atoms with E-state index in [0.717, 1.165) is 16.7 Å². The Morgan fingerprint density at radius 1 is 1.00 bits per heavy atom. The molecule has 6 nitrogen and oxygen atoms in total. The van der Waals surface area contributed by atoms with E-state index in [9.17, 15) is 4.79 Å². The van der Waals surface area contributed by atoms with Crippen LogP contribution in [0.2, 0.25) is 5.02 Å². The van der Waals surface area contributed by atoms with E-state index in [0.29, 0.717) is 24.7 Å². The van der Waals surface area contributed by atoms with Crippen LogP contribution in [-0.4, -0.2) is 20.8 Å². The van der Waals surface area contributed by atoms with Crippen molar-refractivity contribution in [2.24, 2.45) is 0 Å². The number of nitrogens with zero attached hydrogens (tertiary/aromatic N) is 3. The number of amides is 2. The average Bonchev–Trinajstić information content (AvgIpc) is 3.12. The Bertz CT molecular complexity index is 818. The molecule has 0 aliphatic carbocycles. The average molecular weight is 356 g/mol. The number of hydrogen-bond acceptors (Lipinski definition) is 3. The predicted molar refractivity (Wildman–Crippen MR) is 96.1 cm³/mol. The number of carbonyl (C=O) groups is 1. The molecule has 3 rings (SSSR count). The summed E-state index contributed by atoms with van der Waals surface area (Å²) in [6.45, 7) is 1.57. The van der Waals surface area contributed by atoms with Crippen LogP contribution in [0.4, 0.5) is 4.79 Å². The van der Waals surface area contributed by atoms with Gasteiger partial charge in [-0.2, -0.15) is 5.10 Å². The van der Waals surface area contributed by atoms with Crippen LogP contribution in [0.15, 0.2) is 61.2 Å². The van der Waals surface area contributed by atoms with Gasteiger partial charge in [0.2, 0.25) is 0 Å². The number of rotatable bonds is 6. The van der Waals surface area contributed by atoms with Crippen LogP contribution in [0.1, 0.15) is 16.7 Å². The van der Waals surface area contributed by atoms with Gasteiger partial charge in [-0.25, -0.2) is 14.5 Å². The van der Waals surface area contributed by atoms with E-state index in [4.69, 9.17) is 11.6 Å². The van der Waals surface area contributed by atoms with Crippen LogP contribution in [0.25, 0.3) is 0 Å². The van der Waals surface area contributed by atoms with E-state index in [2.05, 4.69) is 20.7 Å². The molecule has 128 valence electrons. The van der Waals surface area contributed by atoms with Gasteiger partial charge < -0.3 is 10.6 Å². The molecular weight excluding hydrogens is 338 g/mol. The second-order valence-corrected chi connectivity index (χ2v) is 6.01. The fourth-order valence-corrected chi connectivity index (χ4v) is 2.55. The molecule has 0 radical (unpaired) electrons. The van der Waals surface area contributed by atoms with Crippen molar-refractivity contribution in [2.75, 3.05) is 0 Å². The maximum Gasteiger partial charge on any atom is 0.315 e. The van der Waals surface area contributed by atoms with Crippen molar-refractivity contribution in [1.29, 1.82) is 0 Å². The van der Waals surface area contributed by atoms with Crippen LogP contribution < -0.4 is 10.6 Å². The first-order chi connectivity index (χ1) is 12.2. The summed E-state index contributed by atoms with van der Waals surface area (Å²) in [5.74, 6) is 0. The minimum absolute atomic E-state index is 0.216. The zero-order chi connectivity index (χ0) is 17.5. The Labute approximate surface area is 150 Å². The van der Waals surface area contributed by atoms with Crippen molar-refractivity contribution in [3.05, 3.63) is 82.9 Å². The molecule has 0 aliphatic rings. The molecule has 0 aliphatic heterocycles. The number of nitrogens with one attached hydrogen (secondary N) is 2. The summed E-state index contributed by atoms with van der Waals surface area (Å²) in [5.41, 5.74) is 3.11. The molecule has 0 saturated heterocycles. The predicted octanol–water partition coefficient (Wildman–Crippen LogP) is 2.98. The fraction of sp³-hybridized carbons (Fsp3) is 0.167. The summed E-state index contributed by atoms with van der Waals surface area (Å²) in [6, 6.07) is 15.2. The van der Waals surface area contributed by atoms with E-state index in [1.165, 1.54) is 6.33 Å². The van der Waals surface area contributed by atoms with Gasteiger partial charge in [0, 0.05) is 18.1 Å². The molecule has 0 fully saturated rings. The highest BCUT2D eigenvalue weighted by atomic mass is 35.5. The van der Waals surface area contributed by atoms with Gasteiger partial charge in [-0.05, 0) is 28.8 Å². The fourth-order valence-electron chi connectivity index (χ4n) is 2.34. The van der Waals surface area contributed by atoms with Crippen molar-refractivity contribution in [3.63, 3.8) is 0 Å². The maximum absolute atomic E-state index is 11.9. The van der Waals surface area contributed by atoms with Crippen molar-refractivity contribution in [2.45, 2.75) is 19.6 Å². The van der Waals surface area contributed by atoms with Gasteiger partial charge in [-0.15, -0.1) is 0 Å². The monoisotopic (exact) mass is 355 g/mol. The van der Waals surface area contributed by atoms with Crippen LogP contribution in [0.3, 0.4) is 0 Å². The van der Waals surface area contributed by atoms with Gasteiger partial charge in [0.1, 0.15) is 12.7 Å². The van der Waals surface area contributed by atoms with Gasteiger partial charge >= 0.3 is 6.03 Å². The van der Waals surface area contributed by atoms with E-state index in [1.54, 1.807) is 17.1 Å². The molecule has 7 heteroatoms. The molecule has 0 saturated carbocycles. The summed E-state index contributed by atoms with van der Waals surface area (Å²) >= 11 is 5.92. The maximum atomic E-state index is 11.9. The third-order valence-electron chi connectivity index (χ3n) is 3.63. The minimum atomic E-state index is -0.216. The summed E-state index contributed by atoms with van der Waals surface area (Å²) in [7, 11) is 0. The summed E-state index contributed by atoms with van der Waals surface area (Å²) < 4.78 is 1.76. The lowest BCUT2D eigenvalue weighted by atomic mass is 10.1. The normalized spacial score (nSPS) is 10.4. The summed E-state index contributed by atoms with van der Waals surface area (Å²) in [5, 5.41) is 10.4. The third kappa shape index (κ3) is 5.32. The standard InChI is InChI=1S/C18H18ClN5O/c19-17-3-1-2-16(8-17)10-22-18(25)21-9-14-4-6-15(7-5-14)11-24-13-20-12-23-24/h1-8,12-13H,9-11H2,(H2,21,22,25). The Balaban J connectivity index is 1.44. The Kier molecular flexibility index (Phi) is 5.64. The molecule has 2 amide bonds. The molecule has 0 unspecified atom stereocenters. The zero-order valence-corrected chi connectivity index (χ0v) is 14.3. The minimum Gasteiger partial charge on any atom is -0.334 e. The van der Waals surface area contributed by atoms with E-state index >= 15 is 0 Å². The highest BCUT2D eigenvalue weighted by Gasteiger charge is 2.02. The Hall–Kier alpha value is -2.86. The van der Waals surface area contributed by atoms with Crippen molar-refractivity contribution >= 4 is 17.6 Å². The molecule has 1 aromatic heterocycles. The molecule has 2 aromatic carbocycles. The van der Waals surface area contributed by atoms with Crippen LogP contribution in [0, 0.1) is 0 Å². The largest absolute Gasteiger partial charge is 0.334 e. The lowest BCUT2D eigenvalue weighted by molar-refractivity contribution is 0.240. The van der Waals surface area contributed by atoms with Gasteiger partial charge in [-0.1, -0.05) is 48.0 Å². The number of aromatic nitrogens is 3. The zero-order valence-electron chi connectivity index (χ0n) is 13.5. The lowest BCUT2D eigenvalue weighted by Gasteiger charge is -2.09. The molecule has 25 heavy (non-hydrogen) atoms. The molecule has 1 heterocycles. The summed E-state index contributed by atoms with van der Waals surface area (Å²) in [4.78, 5) is 15.8. The topological polar surface area (TPSA) is 71.8 Å². The molecular formula is C18H18ClN5O. The van der Waals surface area contributed by atoms with E-state index in [-0.39, 0.29) is 6.03 Å². The molecule has 0 atom stereocenters. The second-order valence-electron chi connectivity index (χ2n) is 5.58. The smallest absolute Gasteiger partial charge is 0.315 e. The Morgan fingerprint density at radius 3 is 2.40 bits per heavy atom. The van der Waals surface area contributed by atoms with Crippen molar-refractivity contribution in [1.82, 2.24) is 25.4 Å². The second kappa shape index (κ2) is 8.30. The van der Waals surface area contributed by atoms with E-state index < -0.39 is 0 Å². The van der Waals surface area contributed by atoms with Gasteiger partial charge in [0.25, 0.3) is 0 Å². The SMILES string of the molecule is O=C(NCc1ccc(Cn2cncn2)cc1)NCc1cccc(Cl)c1.